The first-order valence-electron chi connectivity index (χ1n) is 4.34. The van der Waals surface area contributed by atoms with Gasteiger partial charge in [0.2, 0.25) is 0 Å². The molecule has 0 spiro atoms. The predicted molar refractivity (Wildman–Crippen MR) is 61.6 cm³/mol. The molecule has 0 bridgehead atoms. The van der Waals surface area contributed by atoms with Crippen LogP contribution in [0.4, 0.5) is 4.39 Å². The lowest BCUT2D eigenvalue weighted by Gasteiger charge is -2.06. The number of hydrogen-bond donors (Lipinski definition) is 0. The van der Waals surface area contributed by atoms with Gasteiger partial charge in [0.25, 0.3) is 9.05 Å². The number of hydrogen-bond acceptors (Lipinski definition) is 3. The van der Waals surface area contributed by atoms with Crippen molar-refractivity contribution in [1.82, 2.24) is 9.78 Å². The van der Waals surface area contributed by atoms with Crippen LogP contribution in [0.5, 0.6) is 0 Å². The molecule has 2 rings (SSSR count). The van der Waals surface area contributed by atoms with E-state index in [0.717, 1.165) is 10.7 Å². The highest BCUT2D eigenvalue weighted by molar-refractivity contribution is 8.13. The summed E-state index contributed by atoms with van der Waals surface area (Å²) in [5.74, 6) is -0.692. The second-order valence-electron chi connectivity index (χ2n) is 3.11. The van der Waals surface area contributed by atoms with Crippen molar-refractivity contribution in [2.24, 2.45) is 0 Å². The van der Waals surface area contributed by atoms with Gasteiger partial charge < -0.3 is 0 Å². The molecule has 0 atom stereocenters. The molecule has 17 heavy (non-hydrogen) atoms. The maximum absolute atomic E-state index is 13.6. The molecule has 0 saturated carbocycles. The van der Waals surface area contributed by atoms with Crippen LogP contribution < -0.4 is 0 Å². The van der Waals surface area contributed by atoms with Gasteiger partial charge in [0.1, 0.15) is 11.5 Å². The summed E-state index contributed by atoms with van der Waals surface area (Å²) in [6, 6.07) is 4.97. The van der Waals surface area contributed by atoms with Crippen LogP contribution in [-0.4, -0.2) is 18.2 Å². The minimum atomic E-state index is -3.99. The van der Waals surface area contributed by atoms with Crippen LogP contribution in [0, 0.1) is 5.82 Å². The fourth-order valence-electron chi connectivity index (χ4n) is 1.31. The minimum absolute atomic E-state index is 0.0429. The highest BCUT2D eigenvalue weighted by atomic mass is 35.7. The van der Waals surface area contributed by atoms with Gasteiger partial charge in [-0.15, -0.1) is 0 Å². The topological polar surface area (TPSA) is 52.0 Å². The van der Waals surface area contributed by atoms with Crippen LogP contribution in [0.3, 0.4) is 0 Å². The van der Waals surface area contributed by atoms with E-state index in [-0.39, 0.29) is 15.7 Å². The molecule has 1 heterocycles. The first kappa shape index (κ1) is 12.3. The third kappa shape index (κ3) is 2.43. The lowest BCUT2D eigenvalue weighted by Crippen LogP contribution is -2.06. The monoisotopic (exact) mass is 294 g/mol. The maximum Gasteiger partial charge on any atom is 0.278 e. The summed E-state index contributed by atoms with van der Waals surface area (Å²) in [5.41, 5.74) is -0.0429. The number of nitrogens with zero attached hydrogens (tertiary/aromatic N) is 2. The van der Waals surface area contributed by atoms with E-state index in [1.165, 1.54) is 24.4 Å². The summed E-state index contributed by atoms with van der Waals surface area (Å²) in [4.78, 5) is 0. The number of benzene rings is 1. The number of rotatable bonds is 2. The molecule has 0 aliphatic carbocycles. The largest absolute Gasteiger partial charge is 0.278 e. The molecule has 0 aliphatic heterocycles. The molecule has 0 unspecified atom stereocenters. The molecule has 1 aromatic heterocycles. The van der Waals surface area contributed by atoms with Gasteiger partial charge in [-0.3, -0.25) is 0 Å². The van der Waals surface area contributed by atoms with Gasteiger partial charge in [-0.25, -0.2) is 17.5 Å². The SMILES string of the molecule is O=S(=O)(Cl)c1ccnn1-c1ccc(Cl)cc1F. The van der Waals surface area contributed by atoms with E-state index in [4.69, 9.17) is 22.3 Å². The third-order valence-electron chi connectivity index (χ3n) is 2.00. The molecule has 0 N–H and O–H groups in total. The van der Waals surface area contributed by atoms with Crippen LogP contribution in [0.2, 0.25) is 5.02 Å². The zero-order valence-electron chi connectivity index (χ0n) is 8.14. The van der Waals surface area contributed by atoms with Gasteiger partial charge in [0.05, 0.1) is 6.20 Å². The second kappa shape index (κ2) is 4.29. The molecule has 0 fully saturated rings. The Hall–Kier alpha value is -1.11. The van der Waals surface area contributed by atoms with Gasteiger partial charge in [-0.1, -0.05) is 11.6 Å². The molecule has 0 aliphatic rings. The zero-order valence-corrected chi connectivity index (χ0v) is 10.5. The maximum atomic E-state index is 13.6. The summed E-state index contributed by atoms with van der Waals surface area (Å²) < 4.78 is 36.9. The lowest BCUT2D eigenvalue weighted by molar-refractivity contribution is 0.586. The van der Waals surface area contributed by atoms with Crippen molar-refractivity contribution in [2.75, 3.05) is 0 Å². The van der Waals surface area contributed by atoms with E-state index < -0.39 is 14.9 Å². The van der Waals surface area contributed by atoms with Crippen molar-refractivity contribution in [3.8, 4) is 5.69 Å². The summed E-state index contributed by atoms with van der Waals surface area (Å²) in [5, 5.41) is 3.61. The Bertz CT molecular complexity index is 669. The smallest absolute Gasteiger partial charge is 0.218 e. The first-order valence-corrected chi connectivity index (χ1v) is 7.02. The van der Waals surface area contributed by atoms with E-state index in [0.29, 0.717) is 0 Å². The molecule has 4 nitrogen and oxygen atoms in total. The van der Waals surface area contributed by atoms with Crippen LogP contribution >= 0.6 is 22.3 Å². The van der Waals surface area contributed by atoms with E-state index in [1.807, 2.05) is 0 Å². The molecular formula is C9H5Cl2FN2O2S. The average Bonchev–Trinajstić information content (AvgIpc) is 2.65. The van der Waals surface area contributed by atoms with Gasteiger partial charge >= 0.3 is 0 Å². The van der Waals surface area contributed by atoms with E-state index >= 15 is 0 Å². The molecular weight excluding hydrogens is 290 g/mol. The van der Waals surface area contributed by atoms with Crippen LogP contribution in [0.15, 0.2) is 35.5 Å². The average molecular weight is 295 g/mol. The van der Waals surface area contributed by atoms with Crippen LogP contribution in [-0.2, 0) is 9.05 Å². The van der Waals surface area contributed by atoms with Crippen molar-refractivity contribution in [3.05, 3.63) is 41.3 Å². The summed E-state index contributed by atoms with van der Waals surface area (Å²) >= 11 is 5.59. The Morgan fingerprint density at radius 2 is 2.00 bits per heavy atom. The normalized spacial score (nSPS) is 11.7. The van der Waals surface area contributed by atoms with Gasteiger partial charge in [0, 0.05) is 15.7 Å². The Morgan fingerprint density at radius 3 is 2.59 bits per heavy atom. The van der Waals surface area contributed by atoms with E-state index in [2.05, 4.69) is 5.10 Å². The Balaban J connectivity index is 2.66. The third-order valence-corrected chi connectivity index (χ3v) is 3.51. The molecule has 2 aromatic rings. The highest BCUT2D eigenvalue weighted by Crippen LogP contribution is 2.22. The summed E-state index contributed by atoms with van der Waals surface area (Å²) in [6.07, 6.45) is 1.21. The molecule has 0 saturated heterocycles. The van der Waals surface area contributed by atoms with Gasteiger partial charge in [-0.2, -0.15) is 5.10 Å². The predicted octanol–water partition coefficient (Wildman–Crippen LogP) is 2.59. The standard InChI is InChI=1S/C9H5Cl2FN2O2S/c10-6-1-2-8(7(12)5-6)14-9(3-4-13-14)17(11,15)16/h1-5H. The van der Waals surface area contributed by atoms with Crippen LogP contribution in [0.1, 0.15) is 0 Å². The fraction of sp³-hybridized carbons (Fsp3) is 0. The molecule has 1 aromatic carbocycles. The Kier molecular flexibility index (Phi) is 3.11. The summed E-state index contributed by atoms with van der Waals surface area (Å²) in [6.45, 7) is 0. The molecule has 0 radical (unpaired) electrons. The number of halogens is 3. The minimum Gasteiger partial charge on any atom is -0.218 e. The first-order chi connectivity index (χ1) is 7.89. The fourth-order valence-corrected chi connectivity index (χ4v) is 2.39. The van der Waals surface area contributed by atoms with Crippen molar-refractivity contribution in [2.45, 2.75) is 5.03 Å². The van der Waals surface area contributed by atoms with Gasteiger partial charge in [-0.05, 0) is 24.3 Å². The van der Waals surface area contributed by atoms with E-state index in [9.17, 15) is 12.8 Å². The summed E-state index contributed by atoms with van der Waals surface area (Å²) in [7, 11) is 1.21. The van der Waals surface area contributed by atoms with Crippen molar-refractivity contribution in [3.63, 3.8) is 0 Å². The Labute approximate surface area is 106 Å². The number of aromatic nitrogens is 2. The molecule has 8 heteroatoms. The van der Waals surface area contributed by atoms with Crippen LogP contribution in [0.25, 0.3) is 5.69 Å². The van der Waals surface area contributed by atoms with Crippen molar-refractivity contribution in [1.29, 1.82) is 0 Å². The van der Waals surface area contributed by atoms with Gasteiger partial charge in [0.15, 0.2) is 5.03 Å². The molecule has 90 valence electrons. The second-order valence-corrected chi connectivity index (χ2v) is 6.06. The highest BCUT2D eigenvalue weighted by Gasteiger charge is 2.19. The van der Waals surface area contributed by atoms with E-state index in [1.54, 1.807) is 0 Å². The van der Waals surface area contributed by atoms with Crippen molar-refractivity contribution >= 4 is 31.3 Å². The molecule has 0 amide bonds. The van der Waals surface area contributed by atoms with Crippen molar-refractivity contribution < 1.29 is 12.8 Å². The Morgan fingerprint density at radius 1 is 1.29 bits per heavy atom. The lowest BCUT2D eigenvalue weighted by atomic mass is 10.3. The zero-order chi connectivity index (χ0) is 12.6. The quantitative estimate of drug-likeness (QED) is 0.800.